The maximum absolute atomic E-state index is 5.22. The maximum Gasteiger partial charge on any atom is 0.119 e. The predicted octanol–water partition coefficient (Wildman–Crippen LogP) is 1.09. The zero-order valence-electron chi connectivity index (χ0n) is 14.5. The molecule has 0 fully saturated rings. The van der Waals surface area contributed by atoms with Gasteiger partial charge in [-0.15, -0.1) is 5.10 Å². The molecule has 1 heterocycles. The van der Waals surface area contributed by atoms with Gasteiger partial charge < -0.3 is 14.4 Å². The van der Waals surface area contributed by atoms with E-state index in [4.69, 9.17) is 9.47 Å². The van der Waals surface area contributed by atoms with Crippen LogP contribution in [0.1, 0.15) is 6.17 Å². The summed E-state index contributed by atoms with van der Waals surface area (Å²) in [4.78, 5) is 4.49. The minimum absolute atomic E-state index is 0.0828. The monoisotopic (exact) mass is 321 g/mol. The smallest absolute Gasteiger partial charge is 0.119 e. The average Bonchev–Trinajstić information content (AvgIpc) is 2.99. The molecule has 2 aromatic rings. The number of nitrogens with zero attached hydrogens (tertiary/aromatic N) is 5. The largest absolute Gasteiger partial charge is 0.383 e. The van der Waals surface area contributed by atoms with E-state index in [0.717, 1.165) is 30.7 Å². The van der Waals surface area contributed by atoms with Crippen LogP contribution in [-0.4, -0.2) is 86.0 Å². The summed E-state index contributed by atoms with van der Waals surface area (Å²) in [7, 11) is 7.62. The summed E-state index contributed by atoms with van der Waals surface area (Å²) >= 11 is 0. The molecule has 7 heteroatoms. The third kappa shape index (κ3) is 4.71. The van der Waals surface area contributed by atoms with Crippen LogP contribution in [0.3, 0.4) is 0 Å². The Morgan fingerprint density at radius 1 is 1.09 bits per heavy atom. The molecule has 1 unspecified atom stereocenters. The first-order valence-corrected chi connectivity index (χ1v) is 7.84. The van der Waals surface area contributed by atoms with Crippen molar-refractivity contribution in [2.75, 3.05) is 61.2 Å². The fraction of sp³-hybridized carbons (Fsp3) is 0.625. The number of fused-ring (bicyclic) bond motifs is 1. The average molecular weight is 321 g/mol. The lowest BCUT2D eigenvalue weighted by molar-refractivity contribution is 0.0747. The molecule has 0 spiro atoms. The van der Waals surface area contributed by atoms with E-state index in [9.17, 15) is 0 Å². The van der Waals surface area contributed by atoms with Crippen LogP contribution in [-0.2, 0) is 9.47 Å². The summed E-state index contributed by atoms with van der Waals surface area (Å²) in [6.45, 7) is 3.92. The summed E-state index contributed by atoms with van der Waals surface area (Å²) in [6, 6.07) is 8.04. The molecule has 2 rings (SSSR count). The first kappa shape index (κ1) is 17.8. The second-order valence-electron chi connectivity index (χ2n) is 5.73. The van der Waals surface area contributed by atoms with Crippen molar-refractivity contribution >= 4 is 11.0 Å². The fourth-order valence-corrected chi connectivity index (χ4v) is 2.51. The van der Waals surface area contributed by atoms with E-state index >= 15 is 0 Å². The molecule has 0 aliphatic carbocycles. The lowest BCUT2D eigenvalue weighted by Crippen LogP contribution is -2.40. The number of likely N-dealkylation sites (N-methyl/N-ethyl adjacent to an activating group) is 2. The third-order valence-electron chi connectivity index (χ3n) is 3.97. The van der Waals surface area contributed by atoms with Gasteiger partial charge in [-0.3, -0.25) is 4.90 Å². The van der Waals surface area contributed by atoms with Crippen LogP contribution in [0.4, 0.5) is 0 Å². The number of rotatable bonds is 10. The fourth-order valence-electron chi connectivity index (χ4n) is 2.51. The second-order valence-corrected chi connectivity index (χ2v) is 5.73. The van der Waals surface area contributed by atoms with Gasteiger partial charge in [0, 0.05) is 33.9 Å². The van der Waals surface area contributed by atoms with E-state index < -0.39 is 0 Å². The van der Waals surface area contributed by atoms with Crippen molar-refractivity contribution in [1.29, 1.82) is 0 Å². The van der Waals surface area contributed by atoms with Gasteiger partial charge in [-0.2, -0.15) is 0 Å². The molecular formula is C16H27N5O2. The van der Waals surface area contributed by atoms with Crippen molar-refractivity contribution in [3.05, 3.63) is 24.3 Å². The van der Waals surface area contributed by atoms with E-state index in [-0.39, 0.29) is 6.17 Å². The summed E-state index contributed by atoms with van der Waals surface area (Å²) in [6.07, 6.45) is 0.0828. The predicted molar refractivity (Wildman–Crippen MR) is 90.4 cm³/mol. The highest BCUT2D eigenvalue weighted by atomic mass is 16.5. The van der Waals surface area contributed by atoms with Crippen LogP contribution in [0.15, 0.2) is 24.3 Å². The highest BCUT2D eigenvalue weighted by Crippen LogP contribution is 2.18. The Hall–Kier alpha value is -1.54. The number of para-hydroxylation sites is 1. The summed E-state index contributed by atoms with van der Waals surface area (Å²) < 4.78 is 12.4. The summed E-state index contributed by atoms with van der Waals surface area (Å²) in [5.41, 5.74) is 1.96. The van der Waals surface area contributed by atoms with Crippen molar-refractivity contribution < 1.29 is 9.47 Å². The van der Waals surface area contributed by atoms with Gasteiger partial charge in [-0.05, 0) is 26.2 Å². The second kappa shape index (κ2) is 8.93. The first-order valence-electron chi connectivity index (χ1n) is 7.84. The Labute approximate surface area is 137 Å². The molecule has 7 nitrogen and oxygen atoms in total. The van der Waals surface area contributed by atoms with Crippen LogP contribution in [0, 0.1) is 0 Å². The molecule has 23 heavy (non-hydrogen) atoms. The number of aromatic nitrogens is 3. The van der Waals surface area contributed by atoms with Gasteiger partial charge in [0.1, 0.15) is 11.7 Å². The van der Waals surface area contributed by atoms with Crippen LogP contribution < -0.4 is 0 Å². The van der Waals surface area contributed by atoms with Crippen molar-refractivity contribution in [1.82, 2.24) is 24.8 Å². The molecule has 0 saturated heterocycles. The molecule has 0 N–H and O–H groups in total. The molecule has 1 atom stereocenters. The van der Waals surface area contributed by atoms with Gasteiger partial charge in [0.15, 0.2) is 0 Å². The van der Waals surface area contributed by atoms with Crippen molar-refractivity contribution in [3.63, 3.8) is 0 Å². The SMILES string of the molecule is COCCN(C)CC(N(C)CCOC)n1nnc2ccccc21. The minimum Gasteiger partial charge on any atom is -0.383 e. The molecule has 0 aliphatic heterocycles. The van der Waals surface area contributed by atoms with Gasteiger partial charge >= 0.3 is 0 Å². The highest BCUT2D eigenvalue weighted by molar-refractivity contribution is 5.73. The van der Waals surface area contributed by atoms with Gasteiger partial charge in [0.2, 0.25) is 0 Å². The normalized spacial score (nSPS) is 13.3. The van der Waals surface area contributed by atoms with Crippen molar-refractivity contribution in [2.45, 2.75) is 6.17 Å². The zero-order valence-corrected chi connectivity index (χ0v) is 14.5. The zero-order chi connectivity index (χ0) is 16.7. The number of ether oxygens (including phenoxy) is 2. The van der Waals surface area contributed by atoms with Gasteiger partial charge in [0.25, 0.3) is 0 Å². The van der Waals surface area contributed by atoms with Crippen LogP contribution in [0.25, 0.3) is 11.0 Å². The molecular weight excluding hydrogens is 294 g/mol. The topological polar surface area (TPSA) is 55.7 Å². The van der Waals surface area contributed by atoms with Gasteiger partial charge in [0.05, 0.1) is 18.7 Å². The number of methoxy groups -OCH3 is 2. The Morgan fingerprint density at radius 3 is 2.52 bits per heavy atom. The standard InChI is InChI=1S/C16H27N5O2/c1-19(9-11-22-3)13-16(20(2)10-12-23-4)21-15-8-6-5-7-14(15)17-18-21/h5-8,16H,9-13H2,1-4H3. The number of hydrogen-bond donors (Lipinski definition) is 0. The van der Waals surface area contributed by atoms with E-state index in [1.54, 1.807) is 14.2 Å². The van der Waals surface area contributed by atoms with E-state index in [2.05, 4.69) is 40.3 Å². The van der Waals surface area contributed by atoms with Crippen molar-refractivity contribution in [2.24, 2.45) is 0 Å². The molecule has 0 radical (unpaired) electrons. The summed E-state index contributed by atoms with van der Waals surface area (Å²) in [5, 5.41) is 8.67. The van der Waals surface area contributed by atoms with Crippen LogP contribution in [0.2, 0.25) is 0 Å². The third-order valence-corrected chi connectivity index (χ3v) is 3.97. The Kier molecular flexibility index (Phi) is 6.91. The minimum atomic E-state index is 0.0828. The lowest BCUT2D eigenvalue weighted by Gasteiger charge is -2.31. The highest BCUT2D eigenvalue weighted by Gasteiger charge is 2.21. The molecule has 0 amide bonds. The maximum atomic E-state index is 5.22. The molecule has 0 aliphatic rings. The van der Waals surface area contributed by atoms with Crippen LogP contribution >= 0.6 is 0 Å². The quantitative estimate of drug-likeness (QED) is 0.653. The first-order chi connectivity index (χ1) is 11.2. The summed E-state index contributed by atoms with van der Waals surface area (Å²) in [5.74, 6) is 0. The van der Waals surface area contributed by atoms with Crippen molar-refractivity contribution in [3.8, 4) is 0 Å². The van der Waals surface area contributed by atoms with Crippen LogP contribution in [0.5, 0.6) is 0 Å². The lowest BCUT2D eigenvalue weighted by atomic mass is 10.3. The van der Waals surface area contributed by atoms with E-state index in [1.807, 2.05) is 22.9 Å². The van der Waals surface area contributed by atoms with E-state index in [1.165, 1.54) is 0 Å². The van der Waals surface area contributed by atoms with Gasteiger partial charge in [-0.1, -0.05) is 17.3 Å². The number of hydrogen-bond acceptors (Lipinski definition) is 6. The van der Waals surface area contributed by atoms with E-state index in [0.29, 0.717) is 13.2 Å². The van der Waals surface area contributed by atoms with Gasteiger partial charge in [-0.25, -0.2) is 4.68 Å². The Bertz CT molecular complexity index is 589. The number of benzene rings is 1. The molecule has 1 aromatic carbocycles. The molecule has 0 saturated carbocycles. The molecule has 1 aromatic heterocycles. The molecule has 128 valence electrons. The molecule has 0 bridgehead atoms. The Balaban J connectivity index is 2.21. The Morgan fingerprint density at radius 2 is 1.78 bits per heavy atom.